The van der Waals surface area contributed by atoms with Crippen LogP contribution in [0.15, 0.2) is 60.7 Å². The molecule has 2 rings (SSSR count). The standard InChI is InChI=1S/C21H30O2Si/c1-17(16-22)18(2)23-24(21(3,4)5,19-12-8-6-9-13-19)20-14-10-7-11-15-20/h6-15,17-18,22H,16H2,1-5H3. The van der Waals surface area contributed by atoms with E-state index in [9.17, 15) is 5.11 Å². The van der Waals surface area contributed by atoms with Gasteiger partial charge in [0.25, 0.3) is 8.32 Å². The van der Waals surface area contributed by atoms with Crippen LogP contribution in [0.1, 0.15) is 34.6 Å². The van der Waals surface area contributed by atoms with Gasteiger partial charge in [0.1, 0.15) is 0 Å². The summed E-state index contributed by atoms with van der Waals surface area (Å²) in [6.45, 7) is 11.1. The van der Waals surface area contributed by atoms with E-state index >= 15 is 0 Å². The molecule has 2 aromatic rings. The molecular weight excluding hydrogens is 312 g/mol. The van der Waals surface area contributed by atoms with Gasteiger partial charge in [-0.15, -0.1) is 0 Å². The van der Waals surface area contributed by atoms with Crippen LogP contribution in [-0.2, 0) is 4.43 Å². The molecule has 0 amide bonds. The number of benzene rings is 2. The summed E-state index contributed by atoms with van der Waals surface area (Å²) in [5.41, 5.74) is 0. The first kappa shape index (κ1) is 18.9. The van der Waals surface area contributed by atoms with Gasteiger partial charge in [0, 0.05) is 18.6 Å². The lowest BCUT2D eigenvalue weighted by atomic mass is 10.1. The normalized spacial score (nSPS) is 15.1. The van der Waals surface area contributed by atoms with E-state index in [2.05, 4.69) is 88.4 Å². The number of hydrogen-bond donors (Lipinski definition) is 1. The van der Waals surface area contributed by atoms with E-state index in [1.165, 1.54) is 10.4 Å². The van der Waals surface area contributed by atoms with Gasteiger partial charge in [-0.25, -0.2) is 0 Å². The summed E-state index contributed by atoms with van der Waals surface area (Å²) in [5.74, 6) is 0.103. The van der Waals surface area contributed by atoms with Gasteiger partial charge in [-0.2, -0.15) is 0 Å². The fraction of sp³-hybridized carbons (Fsp3) is 0.429. The van der Waals surface area contributed by atoms with Crippen LogP contribution in [0, 0.1) is 5.92 Å². The summed E-state index contributed by atoms with van der Waals surface area (Å²) in [6, 6.07) is 21.3. The van der Waals surface area contributed by atoms with E-state index < -0.39 is 8.32 Å². The molecule has 0 aliphatic rings. The van der Waals surface area contributed by atoms with Crippen molar-refractivity contribution < 1.29 is 9.53 Å². The maximum absolute atomic E-state index is 9.58. The summed E-state index contributed by atoms with van der Waals surface area (Å²) < 4.78 is 6.91. The SMILES string of the molecule is CC(CO)C(C)O[Si](c1ccccc1)(c1ccccc1)C(C)(C)C. The zero-order valence-electron chi connectivity index (χ0n) is 15.5. The van der Waals surface area contributed by atoms with Crippen molar-refractivity contribution in [2.24, 2.45) is 5.92 Å². The highest BCUT2D eigenvalue weighted by Gasteiger charge is 2.51. The van der Waals surface area contributed by atoms with Crippen molar-refractivity contribution in [2.45, 2.75) is 45.8 Å². The molecule has 0 aliphatic carbocycles. The molecule has 0 saturated heterocycles. The minimum atomic E-state index is -2.50. The van der Waals surface area contributed by atoms with E-state index in [4.69, 9.17) is 4.43 Å². The van der Waals surface area contributed by atoms with Gasteiger partial charge in [0.2, 0.25) is 0 Å². The lowest BCUT2D eigenvalue weighted by molar-refractivity contribution is 0.102. The first-order valence-electron chi connectivity index (χ1n) is 8.72. The summed E-state index contributed by atoms with van der Waals surface area (Å²) in [6.07, 6.45) is -0.0127. The van der Waals surface area contributed by atoms with Crippen LogP contribution in [0.3, 0.4) is 0 Å². The Labute approximate surface area is 147 Å². The largest absolute Gasteiger partial charge is 0.404 e. The summed E-state index contributed by atoms with van der Waals surface area (Å²) in [4.78, 5) is 0. The number of hydrogen-bond acceptors (Lipinski definition) is 2. The Morgan fingerprint density at radius 1 is 0.875 bits per heavy atom. The van der Waals surface area contributed by atoms with Crippen LogP contribution in [0.25, 0.3) is 0 Å². The van der Waals surface area contributed by atoms with Crippen LogP contribution < -0.4 is 10.4 Å². The number of aliphatic hydroxyl groups excluding tert-OH is 1. The Balaban J connectivity index is 2.66. The van der Waals surface area contributed by atoms with Crippen molar-refractivity contribution in [1.82, 2.24) is 0 Å². The molecule has 0 aliphatic heterocycles. The molecule has 24 heavy (non-hydrogen) atoms. The third-order valence-electron chi connectivity index (χ3n) is 4.87. The molecule has 2 aromatic carbocycles. The van der Waals surface area contributed by atoms with Crippen LogP contribution in [0.2, 0.25) is 5.04 Å². The van der Waals surface area contributed by atoms with Gasteiger partial charge in [-0.1, -0.05) is 88.4 Å². The van der Waals surface area contributed by atoms with Crippen LogP contribution in [-0.4, -0.2) is 26.1 Å². The molecule has 3 heteroatoms. The van der Waals surface area contributed by atoms with Crippen molar-refractivity contribution >= 4 is 18.7 Å². The zero-order valence-corrected chi connectivity index (χ0v) is 16.5. The molecule has 2 unspecified atom stereocenters. The van der Waals surface area contributed by atoms with Crippen molar-refractivity contribution in [1.29, 1.82) is 0 Å². The fourth-order valence-corrected chi connectivity index (χ4v) is 8.04. The average molecular weight is 343 g/mol. The summed E-state index contributed by atoms with van der Waals surface area (Å²) in [7, 11) is -2.50. The van der Waals surface area contributed by atoms with Gasteiger partial charge in [0.15, 0.2) is 0 Å². The Bertz CT molecular complexity index is 580. The number of rotatable bonds is 6. The van der Waals surface area contributed by atoms with Crippen molar-refractivity contribution in [3.05, 3.63) is 60.7 Å². The van der Waals surface area contributed by atoms with Crippen LogP contribution >= 0.6 is 0 Å². The van der Waals surface area contributed by atoms with Crippen molar-refractivity contribution in [3.8, 4) is 0 Å². The Morgan fingerprint density at radius 2 is 1.29 bits per heavy atom. The van der Waals surface area contributed by atoms with E-state index in [0.717, 1.165) is 0 Å². The lowest BCUT2D eigenvalue weighted by Crippen LogP contribution is -2.68. The van der Waals surface area contributed by atoms with E-state index in [-0.39, 0.29) is 23.7 Å². The molecule has 2 nitrogen and oxygen atoms in total. The van der Waals surface area contributed by atoms with E-state index in [0.29, 0.717) is 0 Å². The molecule has 0 heterocycles. The third kappa shape index (κ3) is 3.64. The predicted molar refractivity (Wildman–Crippen MR) is 104 cm³/mol. The average Bonchev–Trinajstić information content (AvgIpc) is 2.59. The second kappa shape index (κ2) is 7.64. The van der Waals surface area contributed by atoms with Gasteiger partial charge >= 0.3 is 0 Å². The second-order valence-corrected chi connectivity index (χ2v) is 11.9. The minimum Gasteiger partial charge on any atom is -0.404 e. The highest BCUT2D eigenvalue weighted by Crippen LogP contribution is 2.38. The molecular formula is C21H30O2Si. The highest BCUT2D eigenvalue weighted by molar-refractivity contribution is 6.99. The quantitative estimate of drug-likeness (QED) is 0.813. The molecule has 0 aromatic heterocycles. The molecule has 2 atom stereocenters. The van der Waals surface area contributed by atoms with E-state index in [1.54, 1.807) is 0 Å². The topological polar surface area (TPSA) is 29.5 Å². The maximum atomic E-state index is 9.58. The van der Waals surface area contributed by atoms with Gasteiger partial charge in [-0.3, -0.25) is 0 Å². The first-order valence-corrected chi connectivity index (χ1v) is 10.6. The molecule has 0 radical (unpaired) electrons. The monoisotopic (exact) mass is 342 g/mol. The Kier molecular flexibility index (Phi) is 6.02. The predicted octanol–water partition coefficient (Wildman–Crippen LogP) is 3.58. The highest BCUT2D eigenvalue weighted by atomic mass is 28.4. The summed E-state index contributed by atoms with van der Waals surface area (Å²) >= 11 is 0. The molecule has 0 bridgehead atoms. The second-order valence-electron chi connectivity index (χ2n) is 7.65. The van der Waals surface area contributed by atoms with Gasteiger partial charge < -0.3 is 9.53 Å². The Morgan fingerprint density at radius 3 is 1.62 bits per heavy atom. The van der Waals surface area contributed by atoms with Crippen molar-refractivity contribution in [3.63, 3.8) is 0 Å². The van der Waals surface area contributed by atoms with E-state index in [1.807, 2.05) is 6.92 Å². The molecule has 0 saturated carbocycles. The fourth-order valence-electron chi connectivity index (χ4n) is 3.23. The number of aliphatic hydroxyl groups is 1. The maximum Gasteiger partial charge on any atom is 0.261 e. The van der Waals surface area contributed by atoms with Gasteiger partial charge in [-0.05, 0) is 22.3 Å². The molecule has 0 fully saturated rings. The zero-order chi connectivity index (χ0) is 17.8. The third-order valence-corrected chi connectivity index (χ3v) is 10.00. The van der Waals surface area contributed by atoms with Crippen LogP contribution in [0.4, 0.5) is 0 Å². The lowest BCUT2D eigenvalue weighted by Gasteiger charge is -2.45. The van der Waals surface area contributed by atoms with Crippen LogP contribution in [0.5, 0.6) is 0 Å². The smallest absolute Gasteiger partial charge is 0.261 e. The van der Waals surface area contributed by atoms with Gasteiger partial charge in [0.05, 0.1) is 0 Å². The Hall–Kier alpha value is -1.42. The molecule has 1 N–H and O–H groups in total. The van der Waals surface area contributed by atoms with Crippen molar-refractivity contribution in [2.75, 3.05) is 6.61 Å². The minimum absolute atomic E-state index is 0.0127. The molecule has 0 spiro atoms. The molecule has 130 valence electrons. The summed E-state index contributed by atoms with van der Waals surface area (Å²) in [5, 5.41) is 12.1. The first-order chi connectivity index (χ1) is 11.3.